The molecule has 0 unspecified atom stereocenters. The van der Waals surface area contributed by atoms with Gasteiger partial charge >= 0.3 is 0 Å². The van der Waals surface area contributed by atoms with Crippen molar-refractivity contribution in [1.29, 1.82) is 0 Å². The topological polar surface area (TPSA) is 72.6 Å². The highest BCUT2D eigenvalue weighted by Gasteiger charge is 2.36. The summed E-state index contributed by atoms with van der Waals surface area (Å²) in [7, 11) is 1.42. The second-order valence-electron chi connectivity index (χ2n) is 3.63. The van der Waals surface area contributed by atoms with Gasteiger partial charge in [-0.2, -0.15) is 0 Å². The first-order valence-electron chi connectivity index (χ1n) is 5.17. The monoisotopic (exact) mass is 259 g/mol. The molecule has 4 nitrogen and oxygen atoms in total. The fourth-order valence-corrected chi connectivity index (χ4v) is 1.68. The Labute approximate surface area is 107 Å². The van der Waals surface area contributed by atoms with Gasteiger partial charge in [-0.05, 0) is 6.42 Å². The second-order valence-corrected chi connectivity index (χ2v) is 3.63. The van der Waals surface area contributed by atoms with Crippen molar-refractivity contribution in [2.45, 2.75) is 25.2 Å². The molecule has 0 bridgehead atoms. The highest BCUT2D eigenvalue weighted by atomic mass is 35.5. The molecule has 0 spiro atoms. The quantitative estimate of drug-likeness (QED) is 0.620. The number of aldehydes is 1. The Morgan fingerprint density at radius 3 is 2.59 bits per heavy atom. The molecule has 0 saturated heterocycles. The second kappa shape index (κ2) is 6.71. The average Bonchev–Trinajstić information content (AvgIpc) is 2.36. The predicted octanol–water partition coefficient (Wildman–Crippen LogP) is 1.45. The number of carbonyl (C=O) groups excluding carboxylic acids is 1. The van der Waals surface area contributed by atoms with Crippen LogP contribution in [0.2, 0.25) is 0 Å². The SMILES string of the molecule is CC[C@@H](O)[C@](N)(OC)c1ccccc1C=O.Cl. The van der Waals surface area contributed by atoms with Crippen LogP contribution in [0.4, 0.5) is 0 Å². The maximum Gasteiger partial charge on any atom is 0.169 e. The third-order valence-electron chi connectivity index (χ3n) is 2.73. The summed E-state index contributed by atoms with van der Waals surface area (Å²) in [5.41, 5.74) is 5.61. The standard InChI is InChI=1S/C12H17NO3.ClH/c1-3-11(15)12(13,16-2)10-7-5-4-6-9(10)8-14;/h4-8,11,15H,3,13H2,1-2H3;1H/t11-,12-;/m1./s1. The number of aliphatic hydroxyl groups is 1. The number of hydrogen-bond acceptors (Lipinski definition) is 4. The van der Waals surface area contributed by atoms with Gasteiger partial charge in [0.15, 0.2) is 5.72 Å². The molecule has 1 aromatic carbocycles. The van der Waals surface area contributed by atoms with E-state index >= 15 is 0 Å². The van der Waals surface area contributed by atoms with Crippen molar-refractivity contribution in [1.82, 2.24) is 0 Å². The summed E-state index contributed by atoms with van der Waals surface area (Å²) in [5, 5.41) is 9.88. The molecule has 0 aliphatic carbocycles. The van der Waals surface area contributed by atoms with Crippen molar-refractivity contribution in [3.63, 3.8) is 0 Å². The number of carbonyl (C=O) groups is 1. The number of ether oxygens (including phenoxy) is 1. The molecule has 5 heteroatoms. The molecule has 0 saturated carbocycles. The van der Waals surface area contributed by atoms with E-state index in [0.717, 1.165) is 0 Å². The maximum atomic E-state index is 10.9. The molecule has 96 valence electrons. The summed E-state index contributed by atoms with van der Waals surface area (Å²) >= 11 is 0. The zero-order valence-electron chi connectivity index (χ0n) is 9.92. The van der Waals surface area contributed by atoms with Crippen LogP contribution in [0.5, 0.6) is 0 Å². The number of aliphatic hydroxyl groups excluding tert-OH is 1. The van der Waals surface area contributed by atoms with Crippen LogP contribution in [0.3, 0.4) is 0 Å². The van der Waals surface area contributed by atoms with E-state index in [2.05, 4.69) is 0 Å². The molecule has 17 heavy (non-hydrogen) atoms. The van der Waals surface area contributed by atoms with E-state index in [4.69, 9.17) is 10.5 Å². The minimum absolute atomic E-state index is 0. The van der Waals surface area contributed by atoms with Crippen LogP contribution in [0.25, 0.3) is 0 Å². The molecule has 1 rings (SSSR count). The normalized spacial score (nSPS) is 15.5. The van der Waals surface area contributed by atoms with E-state index < -0.39 is 11.8 Å². The lowest BCUT2D eigenvalue weighted by Gasteiger charge is -2.33. The van der Waals surface area contributed by atoms with E-state index in [1.807, 2.05) is 0 Å². The number of benzene rings is 1. The molecule has 0 aliphatic heterocycles. The summed E-state index contributed by atoms with van der Waals surface area (Å²) < 4.78 is 5.19. The Balaban J connectivity index is 0.00000256. The van der Waals surface area contributed by atoms with Crippen molar-refractivity contribution in [3.8, 4) is 0 Å². The largest absolute Gasteiger partial charge is 0.388 e. The van der Waals surface area contributed by atoms with Crippen LogP contribution in [0, 0.1) is 0 Å². The summed E-state index contributed by atoms with van der Waals surface area (Å²) in [4.78, 5) is 10.9. The molecule has 0 fully saturated rings. The summed E-state index contributed by atoms with van der Waals surface area (Å²) in [6, 6.07) is 6.82. The van der Waals surface area contributed by atoms with Crippen LogP contribution < -0.4 is 5.73 Å². The molecule has 0 radical (unpaired) electrons. The molecule has 3 N–H and O–H groups in total. The van der Waals surface area contributed by atoms with E-state index in [9.17, 15) is 9.90 Å². The Morgan fingerprint density at radius 1 is 1.53 bits per heavy atom. The third kappa shape index (κ3) is 3.04. The first kappa shape index (κ1) is 16.1. The van der Waals surface area contributed by atoms with Gasteiger partial charge < -0.3 is 9.84 Å². The zero-order valence-corrected chi connectivity index (χ0v) is 10.7. The van der Waals surface area contributed by atoms with Gasteiger partial charge in [0.25, 0.3) is 0 Å². The van der Waals surface area contributed by atoms with Crippen LogP contribution in [0.1, 0.15) is 29.3 Å². The van der Waals surface area contributed by atoms with E-state index in [1.165, 1.54) is 7.11 Å². The van der Waals surface area contributed by atoms with Gasteiger partial charge in [-0.1, -0.05) is 31.2 Å². The van der Waals surface area contributed by atoms with Crippen LogP contribution >= 0.6 is 12.4 Å². The van der Waals surface area contributed by atoms with Crippen molar-refractivity contribution in [2.75, 3.05) is 7.11 Å². The third-order valence-corrected chi connectivity index (χ3v) is 2.73. The fourth-order valence-electron chi connectivity index (χ4n) is 1.68. The molecule has 0 heterocycles. The maximum absolute atomic E-state index is 10.9. The molecular formula is C12H18ClNO3. The first-order valence-corrected chi connectivity index (χ1v) is 5.17. The van der Waals surface area contributed by atoms with Gasteiger partial charge in [-0.25, -0.2) is 0 Å². The minimum Gasteiger partial charge on any atom is -0.388 e. The molecule has 0 aliphatic rings. The first-order chi connectivity index (χ1) is 7.60. The summed E-state index contributed by atoms with van der Waals surface area (Å²) in [6.45, 7) is 1.80. The molecular weight excluding hydrogens is 242 g/mol. The van der Waals surface area contributed by atoms with Gasteiger partial charge in [-0.15, -0.1) is 12.4 Å². The number of methoxy groups -OCH3 is 1. The van der Waals surface area contributed by atoms with Crippen molar-refractivity contribution >= 4 is 18.7 Å². The minimum atomic E-state index is -1.34. The van der Waals surface area contributed by atoms with Gasteiger partial charge in [0.2, 0.25) is 0 Å². The smallest absolute Gasteiger partial charge is 0.169 e. The highest BCUT2D eigenvalue weighted by molar-refractivity contribution is 5.85. The fraction of sp³-hybridized carbons (Fsp3) is 0.417. The van der Waals surface area contributed by atoms with E-state index in [1.54, 1.807) is 31.2 Å². The van der Waals surface area contributed by atoms with Crippen molar-refractivity contribution < 1.29 is 14.6 Å². The highest BCUT2D eigenvalue weighted by Crippen LogP contribution is 2.27. The average molecular weight is 260 g/mol. The lowest BCUT2D eigenvalue weighted by Crippen LogP contribution is -2.49. The number of nitrogens with two attached hydrogens (primary N) is 1. The summed E-state index contributed by atoms with van der Waals surface area (Å²) in [6.07, 6.45) is 0.286. The van der Waals surface area contributed by atoms with Gasteiger partial charge in [0.05, 0.1) is 0 Å². The van der Waals surface area contributed by atoms with Crippen LogP contribution in [-0.2, 0) is 10.5 Å². The molecule has 2 atom stereocenters. The van der Waals surface area contributed by atoms with Gasteiger partial charge in [-0.3, -0.25) is 10.5 Å². The van der Waals surface area contributed by atoms with E-state index in [0.29, 0.717) is 23.8 Å². The Morgan fingerprint density at radius 2 is 2.12 bits per heavy atom. The zero-order chi connectivity index (χ0) is 12.2. The van der Waals surface area contributed by atoms with Crippen molar-refractivity contribution in [2.24, 2.45) is 5.73 Å². The Hall–Kier alpha value is -0.940. The van der Waals surface area contributed by atoms with Crippen LogP contribution in [-0.4, -0.2) is 24.6 Å². The Kier molecular flexibility index (Phi) is 6.34. The number of rotatable bonds is 5. The molecule has 1 aromatic rings. The Bertz CT molecular complexity index is 373. The number of halogens is 1. The summed E-state index contributed by atoms with van der Waals surface area (Å²) in [5.74, 6) is 0. The van der Waals surface area contributed by atoms with E-state index in [-0.39, 0.29) is 12.4 Å². The molecule has 0 aromatic heterocycles. The van der Waals surface area contributed by atoms with Gasteiger partial charge in [0.1, 0.15) is 12.4 Å². The predicted molar refractivity (Wildman–Crippen MR) is 68.2 cm³/mol. The van der Waals surface area contributed by atoms with Gasteiger partial charge in [0, 0.05) is 18.2 Å². The number of hydrogen-bond donors (Lipinski definition) is 2. The van der Waals surface area contributed by atoms with Crippen LogP contribution in [0.15, 0.2) is 24.3 Å². The lowest BCUT2D eigenvalue weighted by atomic mass is 9.92. The molecule has 0 amide bonds. The lowest BCUT2D eigenvalue weighted by molar-refractivity contribution is -0.106. The van der Waals surface area contributed by atoms with Crippen molar-refractivity contribution in [3.05, 3.63) is 35.4 Å².